The number of benzene rings is 1. The van der Waals surface area contributed by atoms with Gasteiger partial charge in [-0.2, -0.15) is 11.8 Å². The highest BCUT2D eigenvalue weighted by Gasteiger charge is 2.43. The van der Waals surface area contributed by atoms with E-state index in [0.29, 0.717) is 17.9 Å². The van der Waals surface area contributed by atoms with Crippen molar-refractivity contribution in [2.45, 2.75) is 25.3 Å². The zero-order valence-corrected chi connectivity index (χ0v) is 14.2. The molecule has 1 aromatic carbocycles. The number of nitrogens with one attached hydrogen (secondary N) is 1. The highest BCUT2D eigenvalue weighted by molar-refractivity contribution is 7.99. The third kappa shape index (κ3) is 3.19. The molecule has 0 saturated carbocycles. The van der Waals surface area contributed by atoms with Crippen LogP contribution in [-0.4, -0.2) is 34.0 Å². The number of hydrogen-bond donors (Lipinski definition) is 2. The van der Waals surface area contributed by atoms with Crippen LogP contribution in [0.2, 0.25) is 0 Å². The third-order valence-corrected chi connectivity index (χ3v) is 5.45. The van der Waals surface area contributed by atoms with Gasteiger partial charge < -0.3 is 14.8 Å². The van der Waals surface area contributed by atoms with Gasteiger partial charge in [0.25, 0.3) is 5.91 Å². The molecule has 0 radical (unpaired) electrons. The van der Waals surface area contributed by atoms with Crippen molar-refractivity contribution in [1.29, 1.82) is 0 Å². The summed E-state index contributed by atoms with van der Waals surface area (Å²) in [4.78, 5) is 23.9. The van der Waals surface area contributed by atoms with Gasteiger partial charge in [0.15, 0.2) is 5.76 Å². The van der Waals surface area contributed by atoms with E-state index in [9.17, 15) is 14.7 Å². The largest absolute Gasteiger partial charge is 0.479 e. The first-order chi connectivity index (χ1) is 11.5. The van der Waals surface area contributed by atoms with E-state index in [1.54, 1.807) is 12.1 Å². The van der Waals surface area contributed by atoms with Crippen molar-refractivity contribution < 1.29 is 19.1 Å². The van der Waals surface area contributed by atoms with E-state index in [-0.39, 0.29) is 5.76 Å². The van der Waals surface area contributed by atoms with Crippen molar-refractivity contribution in [1.82, 2.24) is 5.32 Å². The molecule has 1 aliphatic heterocycles. The van der Waals surface area contributed by atoms with Gasteiger partial charge in [0.1, 0.15) is 11.3 Å². The van der Waals surface area contributed by atoms with Crippen LogP contribution in [0.4, 0.5) is 0 Å². The number of aliphatic carboxylic acids is 1. The van der Waals surface area contributed by atoms with Gasteiger partial charge in [-0.25, -0.2) is 4.79 Å². The Hall–Kier alpha value is -2.21. The van der Waals surface area contributed by atoms with Gasteiger partial charge in [0.2, 0.25) is 0 Å². The Bertz CT molecular complexity index is 745. The minimum Gasteiger partial charge on any atom is -0.479 e. The number of carboxylic acid groups (broad SMARTS) is 1. The molecule has 2 heterocycles. The van der Waals surface area contributed by atoms with E-state index in [1.807, 2.05) is 24.3 Å². The van der Waals surface area contributed by atoms with Gasteiger partial charge in [-0.15, -0.1) is 0 Å². The first kappa shape index (κ1) is 16.6. The van der Waals surface area contributed by atoms with Gasteiger partial charge in [-0.3, -0.25) is 4.79 Å². The van der Waals surface area contributed by atoms with Crippen LogP contribution in [0.1, 0.15) is 29.5 Å². The molecule has 1 aliphatic rings. The fourth-order valence-electron chi connectivity index (χ4n) is 2.68. The lowest BCUT2D eigenvalue weighted by Crippen LogP contribution is -2.54. The van der Waals surface area contributed by atoms with Gasteiger partial charge >= 0.3 is 5.97 Å². The molecule has 1 unspecified atom stereocenters. The lowest BCUT2D eigenvalue weighted by atomic mass is 9.99. The number of carboxylic acids is 1. The smallest absolute Gasteiger partial charge is 0.330 e. The van der Waals surface area contributed by atoms with Crippen molar-refractivity contribution >= 4 is 23.6 Å². The fourth-order valence-corrected chi connectivity index (χ4v) is 4.01. The summed E-state index contributed by atoms with van der Waals surface area (Å²) in [6.07, 6.45) is 1.38. The Morgan fingerprint density at radius 2 is 2.00 bits per heavy atom. The molecule has 1 aromatic heterocycles. The lowest BCUT2D eigenvalue weighted by Gasteiger charge is -2.23. The van der Waals surface area contributed by atoms with Crippen molar-refractivity contribution in [3.05, 3.63) is 47.7 Å². The number of carbonyl (C=O) groups excluding carboxylic acids is 1. The fraction of sp³-hybridized carbons (Fsp3) is 0.333. The molecule has 126 valence electrons. The molecular weight excluding hydrogens is 326 g/mol. The van der Waals surface area contributed by atoms with Gasteiger partial charge in [0, 0.05) is 11.3 Å². The average Bonchev–Trinajstić information content (AvgIpc) is 3.25. The van der Waals surface area contributed by atoms with E-state index in [4.69, 9.17) is 4.42 Å². The molecule has 0 aliphatic carbocycles. The van der Waals surface area contributed by atoms with Crippen molar-refractivity contribution in [2.24, 2.45) is 0 Å². The minimum absolute atomic E-state index is 0.127. The molecule has 1 amide bonds. The van der Waals surface area contributed by atoms with E-state index in [0.717, 1.165) is 17.7 Å². The van der Waals surface area contributed by atoms with Gasteiger partial charge in [-0.1, -0.05) is 31.2 Å². The summed E-state index contributed by atoms with van der Waals surface area (Å²) < 4.78 is 5.63. The predicted octanol–water partition coefficient (Wildman–Crippen LogP) is 3.20. The lowest BCUT2D eigenvalue weighted by molar-refractivity contribution is -0.143. The third-order valence-electron chi connectivity index (χ3n) is 4.26. The second-order valence-electron chi connectivity index (χ2n) is 5.86. The minimum atomic E-state index is -1.20. The summed E-state index contributed by atoms with van der Waals surface area (Å²) >= 11 is 1.53. The Kier molecular flexibility index (Phi) is 4.66. The second kappa shape index (κ2) is 6.73. The van der Waals surface area contributed by atoms with Crippen LogP contribution < -0.4 is 5.32 Å². The zero-order valence-electron chi connectivity index (χ0n) is 13.4. The monoisotopic (exact) mass is 345 g/mol. The molecule has 24 heavy (non-hydrogen) atoms. The maximum atomic E-state index is 12.4. The number of furan rings is 1. The number of amides is 1. The van der Waals surface area contributed by atoms with Crippen molar-refractivity contribution in [3.63, 3.8) is 0 Å². The van der Waals surface area contributed by atoms with Crippen LogP contribution in [0.15, 0.2) is 40.8 Å². The molecule has 1 atom stereocenters. The molecule has 0 spiro atoms. The van der Waals surface area contributed by atoms with Crippen LogP contribution in [0.5, 0.6) is 0 Å². The highest BCUT2D eigenvalue weighted by Crippen LogP contribution is 2.29. The Morgan fingerprint density at radius 3 is 2.58 bits per heavy atom. The molecule has 1 saturated heterocycles. The molecule has 5 nitrogen and oxygen atoms in total. The molecule has 2 aromatic rings. The standard InChI is InChI=1S/C18H19NO4S/c1-2-12-3-5-13(6-4-12)14-7-8-15(23-14)16(20)19-18(17(21)22)9-10-24-11-18/h3-8H,2,9-11H2,1H3,(H,19,20)(H,21,22). The van der Waals surface area contributed by atoms with Crippen LogP contribution in [0, 0.1) is 0 Å². The Labute approximate surface area is 144 Å². The highest BCUT2D eigenvalue weighted by atomic mass is 32.2. The quantitative estimate of drug-likeness (QED) is 0.870. The van der Waals surface area contributed by atoms with Crippen LogP contribution in [0.3, 0.4) is 0 Å². The SMILES string of the molecule is CCc1ccc(-c2ccc(C(=O)NC3(C(=O)O)CCSC3)o2)cc1. The van der Waals surface area contributed by atoms with E-state index >= 15 is 0 Å². The Balaban J connectivity index is 1.77. The first-order valence-corrected chi connectivity index (χ1v) is 9.02. The molecule has 0 bridgehead atoms. The first-order valence-electron chi connectivity index (χ1n) is 7.87. The van der Waals surface area contributed by atoms with Gasteiger partial charge in [0.05, 0.1) is 0 Å². The summed E-state index contributed by atoms with van der Waals surface area (Å²) in [6, 6.07) is 11.2. The number of carbonyl (C=O) groups is 2. The molecule has 1 fully saturated rings. The summed E-state index contributed by atoms with van der Waals surface area (Å²) in [5, 5.41) is 12.1. The number of aryl methyl sites for hydroxylation is 1. The number of hydrogen-bond acceptors (Lipinski definition) is 4. The molecule has 6 heteroatoms. The molecule has 3 rings (SSSR count). The second-order valence-corrected chi connectivity index (χ2v) is 6.96. The topological polar surface area (TPSA) is 79.5 Å². The van der Waals surface area contributed by atoms with Crippen LogP contribution in [0.25, 0.3) is 11.3 Å². The maximum absolute atomic E-state index is 12.4. The molecule has 2 N–H and O–H groups in total. The zero-order chi connectivity index (χ0) is 17.2. The average molecular weight is 345 g/mol. The Morgan fingerprint density at radius 1 is 1.25 bits per heavy atom. The number of rotatable bonds is 5. The van der Waals surface area contributed by atoms with E-state index in [2.05, 4.69) is 12.2 Å². The number of thioether (sulfide) groups is 1. The maximum Gasteiger partial charge on any atom is 0.330 e. The normalized spacial score (nSPS) is 20.0. The summed E-state index contributed by atoms with van der Waals surface area (Å²) in [5.41, 5.74) is 0.915. The van der Waals surface area contributed by atoms with Crippen molar-refractivity contribution in [3.8, 4) is 11.3 Å². The van der Waals surface area contributed by atoms with E-state index in [1.165, 1.54) is 17.3 Å². The van der Waals surface area contributed by atoms with Crippen molar-refractivity contribution in [2.75, 3.05) is 11.5 Å². The predicted molar refractivity (Wildman–Crippen MR) is 93.3 cm³/mol. The summed E-state index contributed by atoms with van der Waals surface area (Å²) in [7, 11) is 0. The van der Waals surface area contributed by atoms with Crippen LogP contribution >= 0.6 is 11.8 Å². The summed E-state index contributed by atoms with van der Waals surface area (Å²) in [5.74, 6) is 0.328. The molecular formula is C18H19NO4S. The summed E-state index contributed by atoms with van der Waals surface area (Å²) in [6.45, 7) is 2.09. The van der Waals surface area contributed by atoms with Crippen LogP contribution in [-0.2, 0) is 11.2 Å². The van der Waals surface area contributed by atoms with Gasteiger partial charge in [-0.05, 0) is 36.3 Å². The van der Waals surface area contributed by atoms with E-state index < -0.39 is 17.4 Å².